The van der Waals surface area contributed by atoms with E-state index in [1.807, 2.05) is 48.6 Å². The second-order valence-corrected chi connectivity index (χ2v) is 5.37. The first-order chi connectivity index (χ1) is 10.5. The lowest BCUT2D eigenvalue weighted by molar-refractivity contribution is 0.112. The number of nitrogens with zero attached hydrogens (tertiary/aromatic N) is 5. The topological polar surface area (TPSA) is 84.1 Å². The molecule has 0 saturated heterocycles. The van der Waals surface area contributed by atoms with Crippen molar-refractivity contribution in [2.45, 2.75) is 26.0 Å². The second kappa shape index (κ2) is 9.51. The van der Waals surface area contributed by atoms with Gasteiger partial charge >= 0.3 is 0 Å². The number of carbonyl (C=O) groups excluding carboxylic acids is 1. The number of guanidine groups is 1. The number of carbonyl (C=O) groups is 1. The maximum absolute atomic E-state index is 11.1. The van der Waals surface area contributed by atoms with Crippen molar-refractivity contribution < 1.29 is 7.86 Å². The van der Waals surface area contributed by atoms with Crippen LogP contribution in [0.15, 0.2) is 16.3 Å². The Morgan fingerprint density at radius 2 is 2.36 bits per heavy atom. The molecule has 1 aromatic heterocycles. The van der Waals surface area contributed by atoms with Crippen molar-refractivity contribution in [2.24, 2.45) is 9.98 Å². The molecule has 1 aromatic rings. The third-order valence-electron chi connectivity index (χ3n) is 2.76. The van der Waals surface area contributed by atoms with E-state index in [0.29, 0.717) is 30.3 Å². The van der Waals surface area contributed by atoms with Crippen molar-refractivity contribution in [3.05, 3.63) is 12.0 Å². The molecule has 1 heterocycles. The summed E-state index contributed by atoms with van der Waals surface area (Å²) in [5, 5.41) is 3.05. The monoisotopic (exact) mass is 420 g/mol. The summed E-state index contributed by atoms with van der Waals surface area (Å²) in [6.07, 6.45) is 4.87. The highest BCUT2D eigenvalue weighted by Gasteiger charge is 2.13. The predicted molar refractivity (Wildman–Crippen MR) is 96.0 cm³/mol. The van der Waals surface area contributed by atoms with Gasteiger partial charge in [0.2, 0.25) is 5.96 Å². The molecule has 0 aliphatic rings. The number of aryl methyl sites for hydroxylation is 1. The van der Waals surface area contributed by atoms with Gasteiger partial charge in [0, 0.05) is 27.7 Å². The van der Waals surface area contributed by atoms with Gasteiger partial charge in [-0.15, -0.1) is 0 Å². The van der Waals surface area contributed by atoms with Crippen LogP contribution in [-0.4, -0.2) is 60.3 Å². The highest BCUT2D eigenvalue weighted by atomic mass is 127. The van der Waals surface area contributed by atoms with E-state index in [0.717, 1.165) is 6.42 Å². The zero-order valence-corrected chi connectivity index (χ0v) is 15.3. The zero-order chi connectivity index (χ0) is 16.5. The lowest BCUT2D eigenvalue weighted by atomic mass is 10.3. The Kier molecular flexibility index (Phi) is 8.02. The lowest BCUT2D eigenvalue weighted by Gasteiger charge is -2.13. The first-order valence-electron chi connectivity index (χ1n) is 6.74. The van der Waals surface area contributed by atoms with Crippen LogP contribution in [0.4, 0.5) is 5.82 Å². The summed E-state index contributed by atoms with van der Waals surface area (Å²) >= 11 is 1.88. The van der Waals surface area contributed by atoms with Crippen LogP contribution < -0.4 is 5.32 Å². The van der Waals surface area contributed by atoms with E-state index in [1.54, 1.807) is 24.6 Å². The van der Waals surface area contributed by atoms with E-state index in [-0.39, 0.29) is 6.10 Å². The van der Waals surface area contributed by atoms with E-state index in [9.17, 15) is 4.79 Å². The van der Waals surface area contributed by atoms with Gasteiger partial charge < -0.3 is 17.9 Å². The van der Waals surface area contributed by atoms with Gasteiger partial charge in [-0.1, -0.05) is 0 Å². The molecule has 8 nitrogen and oxygen atoms in total. The molecule has 122 valence electrons. The number of nitrogens with one attached hydrogen (secondary N) is 1. The molecule has 0 aromatic carbocycles. The Morgan fingerprint density at radius 1 is 1.64 bits per heavy atom. The van der Waals surface area contributed by atoms with Crippen molar-refractivity contribution in [2.75, 3.05) is 26.5 Å². The summed E-state index contributed by atoms with van der Waals surface area (Å²) in [6.45, 7) is 2.65. The highest BCUT2D eigenvalue weighted by Crippen LogP contribution is 2.15. The smallest absolute Gasteiger partial charge is 0.224 e. The van der Waals surface area contributed by atoms with Gasteiger partial charge in [-0.3, -0.25) is 9.79 Å². The quantitative estimate of drug-likeness (QED) is 0.315. The van der Waals surface area contributed by atoms with Crippen LogP contribution in [-0.2, 0) is 9.61 Å². The normalized spacial score (nSPS) is 13.4. The number of aliphatic imine (C=N–C) groups is 2. The Morgan fingerprint density at radius 3 is 2.91 bits per heavy atom. The van der Waals surface area contributed by atoms with E-state index < -0.39 is 0 Å². The maximum Gasteiger partial charge on any atom is 0.224 e. The van der Waals surface area contributed by atoms with E-state index in [2.05, 4.69) is 20.3 Å². The third kappa shape index (κ3) is 5.72. The maximum atomic E-state index is 11.1. The number of hydrogen-bond acceptors (Lipinski definition) is 4. The molecular weight excluding hydrogens is 399 g/mol. The fourth-order valence-corrected chi connectivity index (χ4v) is 1.83. The molecule has 0 bridgehead atoms. The number of halogens is 1. The summed E-state index contributed by atoms with van der Waals surface area (Å²) in [4.78, 5) is 25.3. The van der Waals surface area contributed by atoms with Gasteiger partial charge in [-0.25, -0.2) is 9.98 Å². The summed E-state index contributed by atoms with van der Waals surface area (Å²) in [5.41, 5.74) is 0.323. The minimum Gasteiger partial charge on any atom is -0.369 e. The van der Waals surface area contributed by atoms with Crippen molar-refractivity contribution in [1.29, 1.82) is 0 Å². The number of rotatable bonds is 7. The predicted octanol–water partition coefficient (Wildman–Crippen LogP) is 1.83. The Balaban J connectivity index is 2.91. The van der Waals surface area contributed by atoms with Gasteiger partial charge in [0.15, 0.2) is 6.29 Å². The SMILES string of the molecule is CN=C(/N=C/N(C)C)Nc1c(C=O)ncn1CCC(C)OI. The molecule has 0 fully saturated rings. The number of aldehydes is 1. The molecule has 0 aliphatic heterocycles. The Bertz CT molecular complexity index is 541. The zero-order valence-electron chi connectivity index (χ0n) is 13.2. The molecule has 1 N–H and O–H groups in total. The van der Waals surface area contributed by atoms with E-state index in [1.165, 1.54) is 0 Å². The third-order valence-corrected chi connectivity index (χ3v) is 3.63. The van der Waals surface area contributed by atoms with Gasteiger partial charge in [0.05, 0.1) is 18.8 Å². The molecule has 22 heavy (non-hydrogen) atoms. The molecule has 0 amide bonds. The lowest BCUT2D eigenvalue weighted by Crippen LogP contribution is -2.18. The van der Waals surface area contributed by atoms with Crippen molar-refractivity contribution in [3.63, 3.8) is 0 Å². The Hall–Kier alpha value is -1.49. The van der Waals surface area contributed by atoms with Crippen LogP contribution in [0.1, 0.15) is 23.8 Å². The highest BCUT2D eigenvalue weighted by molar-refractivity contribution is 14.1. The molecule has 9 heteroatoms. The number of hydrogen-bond donors (Lipinski definition) is 1. The minimum atomic E-state index is 0.113. The van der Waals surface area contributed by atoms with Crippen LogP contribution in [0.2, 0.25) is 0 Å². The van der Waals surface area contributed by atoms with Crippen molar-refractivity contribution in [1.82, 2.24) is 14.5 Å². The molecule has 1 rings (SSSR count). The van der Waals surface area contributed by atoms with Gasteiger partial charge in [0.1, 0.15) is 34.5 Å². The van der Waals surface area contributed by atoms with Gasteiger partial charge in [0.25, 0.3) is 0 Å². The van der Waals surface area contributed by atoms with Crippen LogP contribution in [0.3, 0.4) is 0 Å². The number of imidazole rings is 1. The standard InChI is InChI=1S/C13H21IN6O2/c1-10(22-14)5-6-20-9-16-11(7-21)12(20)18-13(15-2)17-8-19(3)4/h7-10H,5-6H2,1-4H3,(H,15,18)/b17-8+. The van der Waals surface area contributed by atoms with Crippen molar-refractivity contribution >= 4 is 47.4 Å². The van der Waals surface area contributed by atoms with Crippen LogP contribution in [0.25, 0.3) is 0 Å². The van der Waals surface area contributed by atoms with Crippen molar-refractivity contribution in [3.8, 4) is 0 Å². The molecule has 0 radical (unpaired) electrons. The van der Waals surface area contributed by atoms with Crippen LogP contribution in [0, 0.1) is 0 Å². The van der Waals surface area contributed by atoms with E-state index >= 15 is 0 Å². The minimum absolute atomic E-state index is 0.113. The molecular formula is C13H21IN6O2. The first-order valence-corrected chi connectivity index (χ1v) is 7.62. The van der Waals surface area contributed by atoms with Crippen LogP contribution >= 0.6 is 23.0 Å². The van der Waals surface area contributed by atoms with E-state index in [4.69, 9.17) is 3.07 Å². The van der Waals surface area contributed by atoms with Gasteiger partial charge in [-0.2, -0.15) is 0 Å². The molecule has 1 atom stereocenters. The summed E-state index contributed by atoms with van der Waals surface area (Å²) in [7, 11) is 5.36. The first kappa shape index (κ1) is 18.6. The molecule has 0 spiro atoms. The average molecular weight is 420 g/mol. The Labute approximate surface area is 144 Å². The number of aromatic nitrogens is 2. The van der Waals surface area contributed by atoms with Crippen LogP contribution in [0.5, 0.6) is 0 Å². The fourth-order valence-electron chi connectivity index (χ4n) is 1.58. The fraction of sp³-hybridized carbons (Fsp3) is 0.538. The average Bonchev–Trinajstić information content (AvgIpc) is 2.90. The summed E-state index contributed by atoms with van der Waals surface area (Å²) in [5.74, 6) is 0.976. The summed E-state index contributed by atoms with van der Waals surface area (Å²) in [6, 6.07) is 0. The summed E-state index contributed by atoms with van der Waals surface area (Å²) < 4.78 is 7.06. The largest absolute Gasteiger partial charge is 0.369 e. The molecule has 0 saturated carbocycles. The molecule has 1 unspecified atom stereocenters. The number of anilines is 1. The molecule has 0 aliphatic carbocycles. The second-order valence-electron chi connectivity index (χ2n) is 4.86. The van der Waals surface area contributed by atoms with Gasteiger partial charge in [-0.05, 0) is 13.3 Å².